The summed E-state index contributed by atoms with van der Waals surface area (Å²) < 4.78 is 204. The molecule has 12 aromatic rings. The van der Waals surface area contributed by atoms with Gasteiger partial charge in [0.15, 0.2) is 0 Å². The van der Waals surface area contributed by atoms with Crippen LogP contribution in [0, 0.1) is 27.7 Å². The van der Waals surface area contributed by atoms with E-state index in [9.17, 15) is 90.1 Å². The van der Waals surface area contributed by atoms with Crippen molar-refractivity contribution in [3.8, 4) is 11.5 Å². The molecule has 0 radical (unpaired) electrons. The van der Waals surface area contributed by atoms with Crippen LogP contribution in [-0.4, -0.2) is 35.1 Å². The molecule has 114 heavy (non-hydrogen) atoms. The van der Waals surface area contributed by atoms with E-state index in [1.165, 1.54) is 60.7 Å². The molecule has 10 nitrogen and oxygen atoms in total. The Bertz CT molecular complexity index is 5370. The Morgan fingerprint density at radius 1 is 0.254 bits per heavy atom. The summed E-state index contributed by atoms with van der Waals surface area (Å²) in [6.45, 7) is 7.66. The zero-order chi connectivity index (χ0) is 81.9. The fraction of sp³-hybridized carbons (Fsp3) is 0.146. The number of anilines is 4. The second-order valence-corrected chi connectivity index (χ2v) is 27.5. The summed E-state index contributed by atoms with van der Waals surface area (Å²) in [5.74, 6) is -2.77. The number of phenolic OH excluding ortho intramolecular Hbond substituents is 1. The first-order valence-electron chi connectivity index (χ1n) is 35.0. The van der Waals surface area contributed by atoms with E-state index >= 15 is 0 Å². The summed E-state index contributed by atoms with van der Waals surface area (Å²) in [7, 11) is 0. The number of ether oxygens (including phenoxy) is 1. The first kappa shape index (κ1) is 79.2. The van der Waals surface area contributed by atoms with Crippen LogP contribution in [0.3, 0.4) is 0 Å². The van der Waals surface area contributed by atoms with Crippen molar-refractivity contribution in [2.75, 3.05) is 21.3 Å². The number of carbonyl (C=O) groups is 4. The predicted molar refractivity (Wildman–Crippen MR) is 399 cm³/mol. The number of aryl methyl sites for hydroxylation is 4. The van der Waals surface area contributed by atoms with Crippen LogP contribution in [0.4, 0.5) is 88.6 Å². The quantitative estimate of drug-likeness (QED) is 0.0910. The van der Waals surface area contributed by atoms with Gasteiger partial charge in [-0.1, -0.05) is 253 Å². The number of carbonyl (C=O) groups excluding carboxylic acids is 4. The first-order chi connectivity index (χ1) is 53.9. The van der Waals surface area contributed by atoms with Gasteiger partial charge >= 0.3 is 31.1 Å². The maximum absolute atomic E-state index is 13.6. The fourth-order valence-corrected chi connectivity index (χ4v) is 15.4. The molecule has 4 amide bonds. The Hall–Kier alpha value is -12.9. The topological polar surface area (TPSA) is 146 Å². The zero-order valence-electron chi connectivity index (χ0n) is 60.2. The van der Waals surface area contributed by atoms with Crippen molar-refractivity contribution in [2.45, 2.75) is 80.4 Å². The van der Waals surface area contributed by atoms with Gasteiger partial charge in [0, 0.05) is 22.3 Å². The van der Waals surface area contributed by atoms with Crippen LogP contribution in [-0.2, 0) is 65.5 Å². The van der Waals surface area contributed by atoms with Crippen LogP contribution >= 0.6 is 0 Å². The Morgan fingerprint density at radius 3 is 0.667 bits per heavy atom. The molecule has 0 aromatic heterocycles. The summed E-state index contributed by atoms with van der Waals surface area (Å²) in [6, 6.07) is 71.8. The standard InChI is InChI=1S/C23H18F3NO.C22H13F6NO2.C22H16F3NO2.C22H16F3NO/c1-14-6-10-16(11-7-14)22(17-12-8-15(2)9-13-17)18-4-3-5-19(23(24,25)26)20(18)27-21(22)28;23-21(24,25)17-8-4-7-16-18(17)29-19(30)20(16,13-5-2-1-3-6-13)14-9-11-15(12-10-14)31-22(26,27)28;1-13-5-7-14(8-6-13)21(15-9-11-16(27)12-10-15)17-3-2-4-18(22(23,24)25)19(17)26-20(21)28;1-14-10-12-16(13-11-14)21(15-6-3-2-4-7-15)17-8-5-9-18(22(23,24)25)19(17)26-20(21)27/h3-13H,1-2H3,(H,27,28);1-12H,(H,29,30);2-12,27H,1H3,(H,26,28);2-13H,1H3,(H,26,27)/t;20-;2*21-/m.110/s1. The summed E-state index contributed by atoms with van der Waals surface area (Å²) in [5, 5.41) is 19.5. The van der Waals surface area contributed by atoms with Crippen LogP contribution in [0.1, 0.15) is 111 Å². The maximum atomic E-state index is 13.6. The highest BCUT2D eigenvalue weighted by atomic mass is 19.4. The number of hydrogen-bond acceptors (Lipinski definition) is 6. The molecule has 0 spiro atoms. The van der Waals surface area contributed by atoms with E-state index < -0.39 is 104 Å². The van der Waals surface area contributed by atoms with Gasteiger partial charge in [0.25, 0.3) is 0 Å². The Morgan fingerprint density at radius 2 is 0.456 bits per heavy atom. The summed E-state index contributed by atoms with van der Waals surface area (Å²) >= 11 is 0. The Kier molecular flexibility index (Phi) is 20.6. The lowest BCUT2D eigenvalue weighted by molar-refractivity contribution is -0.274. The number of hydrogen-bond donors (Lipinski definition) is 5. The van der Waals surface area contributed by atoms with Crippen LogP contribution in [0.5, 0.6) is 11.5 Å². The molecule has 12 aromatic carbocycles. The lowest BCUT2D eigenvalue weighted by Crippen LogP contribution is -2.37. The second-order valence-electron chi connectivity index (χ2n) is 27.5. The van der Waals surface area contributed by atoms with Gasteiger partial charge in [-0.2, -0.15) is 52.7 Å². The van der Waals surface area contributed by atoms with Crippen molar-refractivity contribution in [3.63, 3.8) is 0 Å². The van der Waals surface area contributed by atoms with E-state index in [1.807, 2.05) is 107 Å². The molecule has 16 rings (SSSR count). The Labute approximate surface area is 641 Å². The van der Waals surface area contributed by atoms with Gasteiger partial charge in [0.05, 0.1) is 45.0 Å². The lowest BCUT2D eigenvalue weighted by atomic mass is 9.70. The number of rotatable bonds is 9. The number of aromatic hydroxyl groups is 1. The van der Waals surface area contributed by atoms with Crippen molar-refractivity contribution in [3.05, 3.63) is 390 Å². The highest BCUT2D eigenvalue weighted by Crippen LogP contribution is 2.57. The molecular formula is C89H63F15N4O6. The minimum atomic E-state index is -4.91. The molecule has 4 heterocycles. The van der Waals surface area contributed by atoms with Gasteiger partial charge in [0.2, 0.25) is 23.6 Å². The van der Waals surface area contributed by atoms with Gasteiger partial charge in [0.1, 0.15) is 33.2 Å². The van der Waals surface area contributed by atoms with E-state index in [-0.39, 0.29) is 45.2 Å². The first-order valence-corrected chi connectivity index (χ1v) is 35.0. The number of benzene rings is 12. The Balaban J connectivity index is 0.000000133. The third kappa shape index (κ3) is 14.1. The van der Waals surface area contributed by atoms with Crippen molar-refractivity contribution < 1.29 is 94.9 Å². The van der Waals surface area contributed by atoms with Gasteiger partial charge in [-0.15, -0.1) is 13.2 Å². The second kappa shape index (κ2) is 29.6. The van der Waals surface area contributed by atoms with Crippen molar-refractivity contribution in [1.29, 1.82) is 0 Å². The number of amides is 4. The van der Waals surface area contributed by atoms with E-state index in [4.69, 9.17) is 0 Å². The molecule has 0 saturated carbocycles. The number of para-hydroxylation sites is 4. The van der Waals surface area contributed by atoms with Crippen molar-refractivity contribution >= 4 is 46.4 Å². The lowest BCUT2D eigenvalue weighted by Gasteiger charge is -2.29. The average molecular weight is 1570 g/mol. The molecule has 0 saturated heterocycles. The molecular weight excluding hydrogens is 1510 g/mol. The fourth-order valence-electron chi connectivity index (χ4n) is 15.4. The molecule has 0 unspecified atom stereocenters. The molecule has 0 aliphatic carbocycles. The predicted octanol–water partition coefficient (Wildman–Crippen LogP) is 21.8. The molecule has 580 valence electrons. The van der Waals surface area contributed by atoms with Crippen molar-refractivity contribution in [1.82, 2.24) is 0 Å². The monoisotopic (exact) mass is 1570 g/mol. The largest absolute Gasteiger partial charge is 0.573 e. The van der Waals surface area contributed by atoms with E-state index in [0.717, 1.165) is 58.7 Å². The highest BCUT2D eigenvalue weighted by Gasteiger charge is 2.57. The number of alkyl halides is 15. The molecule has 4 aliphatic rings. The molecule has 25 heteroatoms. The molecule has 0 bridgehead atoms. The van der Waals surface area contributed by atoms with Crippen LogP contribution < -0.4 is 26.0 Å². The molecule has 3 atom stereocenters. The van der Waals surface area contributed by atoms with Crippen LogP contribution in [0.15, 0.2) is 279 Å². The van der Waals surface area contributed by atoms with E-state index in [2.05, 4.69) is 26.0 Å². The van der Waals surface area contributed by atoms with Gasteiger partial charge in [-0.3, -0.25) is 19.2 Å². The van der Waals surface area contributed by atoms with Gasteiger partial charge in [-0.05, 0) is 121 Å². The van der Waals surface area contributed by atoms with E-state index in [0.29, 0.717) is 50.1 Å². The third-order valence-electron chi connectivity index (χ3n) is 20.6. The zero-order valence-corrected chi connectivity index (χ0v) is 60.2. The minimum absolute atomic E-state index is 0.00507. The van der Waals surface area contributed by atoms with Gasteiger partial charge < -0.3 is 31.1 Å². The third-order valence-corrected chi connectivity index (χ3v) is 20.6. The number of halogens is 15. The summed E-state index contributed by atoms with van der Waals surface area (Å²) in [5.41, 5.74) is -1.24. The SMILES string of the molecule is Cc1ccc(C2(c3ccc(C)cc3)C(=O)Nc3c(C(F)(F)F)cccc32)cc1.Cc1ccc([C@]2(c3ccc(O)cc3)C(=O)Nc3c(C(F)(F)F)cccc32)cc1.Cc1ccc([C@]2(c3ccccc3)C(=O)Nc3c(C(F)(F)F)cccc32)cc1.O=C1Nc2c(C(F)(F)F)cccc2[C@@]1(c1ccccc1)c1ccc(OC(F)(F)F)cc1. The maximum Gasteiger partial charge on any atom is 0.573 e. The smallest absolute Gasteiger partial charge is 0.508 e. The molecule has 0 fully saturated rings. The minimum Gasteiger partial charge on any atom is -0.508 e. The summed E-state index contributed by atoms with van der Waals surface area (Å²) in [6.07, 6.45) is -23.3. The average Bonchev–Trinajstić information content (AvgIpc) is 1.57. The van der Waals surface area contributed by atoms with E-state index in [1.54, 1.807) is 103 Å². The van der Waals surface area contributed by atoms with Crippen LogP contribution in [0.2, 0.25) is 0 Å². The summed E-state index contributed by atoms with van der Waals surface area (Å²) in [4.78, 5) is 53.1. The number of nitrogens with one attached hydrogen (secondary N) is 4. The molecule has 5 N–H and O–H groups in total. The van der Waals surface area contributed by atoms with Gasteiger partial charge in [-0.25, -0.2) is 0 Å². The number of fused-ring (bicyclic) bond motifs is 4. The van der Waals surface area contributed by atoms with Crippen molar-refractivity contribution in [2.24, 2.45) is 0 Å². The number of phenols is 1. The normalized spacial score (nSPS) is 17.8. The highest BCUT2D eigenvalue weighted by molar-refractivity contribution is 6.15. The van der Waals surface area contributed by atoms with Crippen LogP contribution in [0.25, 0.3) is 0 Å². The molecule has 4 aliphatic heterocycles.